The molecule has 4 bridgehead atoms. The Labute approximate surface area is 166 Å². The number of likely N-dealkylation sites (tertiary alicyclic amines) is 1. The zero-order valence-electron chi connectivity index (χ0n) is 16.3. The third kappa shape index (κ3) is 3.29. The Morgan fingerprint density at radius 1 is 0.964 bits per heavy atom. The highest BCUT2D eigenvalue weighted by Gasteiger charge is 2.50. The minimum absolute atomic E-state index is 0.135. The van der Waals surface area contributed by atoms with E-state index in [1.165, 1.54) is 32.1 Å². The van der Waals surface area contributed by atoms with Crippen molar-refractivity contribution in [2.24, 2.45) is 23.7 Å². The van der Waals surface area contributed by atoms with Gasteiger partial charge in [-0.1, -0.05) is 12.1 Å². The monoisotopic (exact) mass is 383 g/mol. The molecule has 1 atom stereocenters. The molecule has 1 amide bonds. The summed E-state index contributed by atoms with van der Waals surface area (Å²) in [6, 6.07) is 7.09. The Balaban J connectivity index is 1.22. The van der Waals surface area contributed by atoms with Crippen molar-refractivity contribution >= 4 is 12.1 Å². The van der Waals surface area contributed by atoms with Crippen molar-refractivity contribution in [2.75, 3.05) is 13.1 Å². The van der Waals surface area contributed by atoms with E-state index in [-0.39, 0.29) is 18.1 Å². The van der Waals surface area contributed by atoms with Crippen LogP contribution in [0.4, 0.5) is 4.79 Å². The zero-order valence-corrected chi connectivity index (χ0v) is 16.3. The zero-order chi connectivity index (χ0) is 19.3. The molecule has 150 valence electrons. The second-order valence-electron chi connectivity index (χ2n) is 9.49. The average molecular weight is 383 g/mol. The highest BCUT2D eigenvalue weighted by atomic mass is 16.6. The van der Waals surface area contributed by atoms with Gasteiger partial charge >= 0.3 is 12.1 Å². The van der Waals surface area contributed by atoms with Crippen molar-refractivity contribution in [3.05, 3.63) is 35.4 Å². The Morgan fingerprint density at radius 3 is 2.21 bits per heavy atom. The fraction of sp³-hybridized carbons (Fsp3) is 0.652. The SMILES string of the molecule is O=C(O)c1ccc(C2CCCN(C(=O)OC3C4CC5CC(C4)CC3C5)C2)cc1. The van der Waals surface area contributed by atoms with Crippen LogP contribution < -0.4 is 0 Å². The summed E-state index contributed by atoms with van der Waals surface area (Å²) in [6.45, 7) is 1.43. The van der Waals surface area contributed by atoms with Crippen LogP contribution in [-0.2, 0) is 4.74 Å². The number of nitrogens with zero attached hydrogens (tertiary/aromatic N) is 1. The lowest BCUT2D eigenvalue weighted by Crippen LogP contribution is -2.51. The van der Waals surface area contributed by atoms with Crippen LogP contribution in [0.1, 0.15) is 66.8 Å². The fourth-order valence-corrected chi connectivity index (χ4v) is 6.57. The maximum atomic E-state index is 12.9. The second kappa shape index (κ2) is 7.09. The van der Waals surface area contributed by atoms with E-state index in [2.05, 4.69) is 0 Å². The molecule has 1 unspecified atom stereocenters. The van der Waals surface area contributed by atoms with Crippen LogP contribution in [0.15, 0.2) is 24.3 Å². The summed E-state index contributed by atoms with van der Waals surface area (Å²) < 4.78 is 6.11. The first kappa shape index (κ1) is 18.0. The van der Waals surface area contributed by atoms with Gasteiger partial charge in [0, 0.05) is 19.0 Å². The highest BCUT2D eigenvalue weighted by Crippen LogP contribution is 2.54. The highest BCUT2D eigenvalue weighted by molar-refractivity contribution is 5.87. The molecule has 1 aliphatic heterocycles. The number of piperidine rings is 1. The lowest BCUT2D eigenvalue weighted by Gasteiger charge is -2.53. The van der Waals surface area contributed by atoms with Gasteiger partial charge in [-0.05, 0) is 86.3 Å². The summed E-state index contributed by atoms with van der Waals surface area (Å²) >= 11 is 0. The van der Waals surface area contributed by atoms with Crippen molar-refractivity contribution in [3.8, 4) is 0 Å². The summed E-state index contributed by atoms with van der Waals surface area (Å²) in [4.78, 5) is 25.9. The maximum Gasteiger partial charge on any atom is 0.410 e. The predicted molar refractivity (Wildman–Crippen MR) is 104 cm³/mol. The number of benzene rings is 1. The van der Waals surface area contributed by atoms with E-state index in [0.29, 0.717) is 23.9 Å². The van der Waals surface area contributed by atoms with Gasteiger partial charge in [-0.3, -0.25) is 0 Å². The number of hydrogen-bond acceptors (Lipinski definition) is 3. The minimum atomic E-state index is -0.906. The molecule has 5 fully saturated rings. The van der Waals surface area contributed by atoms with Crippen molar-refractivity contribution in [1.82, 2.24) is 4.90 Å². The first-order chi connectivity index (χ1) is 13.6. The van der Waals surface area contributed by atoms with Crippen LogP contribution in [-0.4, -0.2) is 41.3 Å². The Hall–Kier alpha value is -2.04. The van der Waals surface area contributed by atoms with Crippen molar-refractivity contribution in [3.63, 3.8) is 0 Å². The number of carbonyl (C=O) groups is 2. The van der Waals surface area contributed by atoms with E-state index < -0.39 is 5.97 Å². The number of carboxylic acid groups (broad SMARTS) is 1. The normalized spacial score (nSPS) is 36.4. The Bertz CT molecular complexity index is 730. The topological polar surface area (TPSA) is 66.8 Å². The molecule has 0 spiro atoms. The number of carbonyl (C=O) groups excluding carboxylic acids is 1. The van der Waals surface area contributed by atoms with Crippen molar-refractivity contribution < 1.29 is 19.4 Å². The lowest BCUT2D eigenvalue weighted by atomic mass is 9.55. The minimum Gasteiger partial charge on any atom is -0.478 e. The third-order valence-corrected chi connectivity index (χ3v) is 7.69. The number of hydrogen-bond donors (Lipinski definition) is 1. The molecule has 1 aromatic carbocycles. The quantitative estimate of drug-likeness (QED) is 0.833. The number of carboxylic acids is 1. The van der Waals surface area contributed by atoms with E-state index in [9.17, 15) is 9.59 Å². The molecule has 6 rings (SSSR count). The lowest BCUT2D eigenvalue weighted by molar-refractivity contribution is -0.103. The van der Waals surface area contributed by atoms with Gasteiger partial charge in [-0.15, -0.1) is 0 Å². The van der Waals surface area contributed by atoms with Gasteiger partial charge in [0.05, 0.1) is 5.56 Å². The molecule has 1 saturated heterocycles. The summed E-state index contributed by atoms with van der Waals surface area (Å²) in [5.74, 6) is 2.28. The van der Waals surface area contributed by atoms with Gasteiger partial charge < -0.3 is 14.7 Å². The van der Waals surface area contributed by atoms with E-state index in [1.807, 2.05) is 17.0 Å². The predicted octanol–water partition coefficient (Wildman–Crippen LogP) is 4.53. The molecule has 28 heavy (non-hydrogen) atoms. The van der Waals surface area contributed by atoms with Crippen LogP contribution in [0.5, 0.6) is 0 Å². The largest absolute Gasteiger partial charge is 0.478 e. The molecule has 5 aliphatic rings. The van der Waals surface area contributed by atoms with Crippen molar-refractivity contribution in [1.29, 1.82) is 0 Å². The Kier molecular flexibility index (Phi) is 4.56. The van der Waals surface area contributed by atoms with Gasteiger partial charge in [-0.2, -0.15) is 0 Å². The number of ether oxygens (including phenoxy) is 1. The van der Waals surface area contributed by atoms with Crippen LogP contribution in [0.2, 0.25) is 0 Å². The number of aromatic carboxylic acids is 1. The number of rotatable bonds is 3. The first-order valence-corrected chi connectivity index (χ1v) is 10.9. The summed E-state index contributed by atoms with van der Waals surface area (Å²) in [5.41, 5.74) is 1.41. The van der Waals surface area contributed by atoms with Crippen LogP contribution >= 0.6 is 0 Å². The molecular formula is C23H29NO4. The molecule has 0 aromatic heterocycles. The van der Waals surface area contributed by atoms with E-state index >= 15 is 0 Å². The van der Waals surface area contributed by atoms with Gasteiger partial charge in [0.2, 0.25) is 0 Å². The van der Waals surface area contributed by atoms with Gasteiger partial charge in [0.25, 0.3) is 0 Å². The smallest absolute Gasteiger partial charge is 0.410 e. The molecule has 4 saturated carbocycles. The van der Waals surface area contributed by atoms with Gasteiger partial charge in [0.15, 0.2) is 0 Å². The summed E-state index contributed by atoms with van der Waals surface area (Å²) in [7, 11) is 0. The molecule has 0 radical (unpaired) electrons. The molecule has 1 N–H and O–H groups in total. The summed E-state index contributed by atoms with van der Waals surface area (Å²) in [6.07, 6.45) is 8.40. The van der Waals surface area contributed by atoms with E-state index in [4.69, 9.17) is 9.84 Å². The van der Waals surface area contributed by atoms with Gasteiger partial charge in [-0.25, -0.2) is 9.59 Å². The molecule has 5 heteroatoms. The van der Waals surface area contributed by atoms with Crippen molar-refractivity contribution in [2.45, 2.75) is 57.0 Å². The average Bonchev–Trinajstić information content (AvgIpc) is 2.70. The molecule has 5 nitrogen and oxygen atoms in total. The van der Waals surface area contributed by atoms with Crippen LogP contribution in [0.3, 0.4) is 0 Å². The standard InChI is InChI=1S/C23H29NO4/c25-22(26)17-5-3-16(4-6-17)18-2-1-7-24(13-18)23(27)28-21-19-9-14-8-15(11-19)12-20(21)10-14/h3-6,14-15,18-21H,1-2,7-13H2,(H,25,26). The molecular weight excluding hydrogens is 354 g/mol. The van der Waals surface area contributed by atoms with Gasteiger partial charge in [0.1, 0.15) is 6.10 Å². The summed E-state index contributed by atoms with van der Waals surface area (Å²) in [5, 5.41) is 9.07. The van der Waals surface area contributed by atoms with E-state index in [0.717, 1.165) is 36.8 Å². The molecule has 1 aromatic rings. The van der Waals surface area contributed by atoms with Crippen LogP contribution in [0.25, 0.3) is 0 Å². The molecule has 4 aliphatic carbocycles. The molecule has 1 heterocycles. The Morgan fingerprint density at radius 2 is 1.61 bits per heavy atom. The third-order valence-electron chi connectivity index (χ3n) is 7.69. The number of amides is 1. The fourth-order valence-electron chi connectivity index (χ4n) is 6.57. The second-order valence-corrected chi connectivity index (χ2v) is 9.49. The van der Waals surface area contributed by atoms with Crippen LogP contribution in [0, 0.1) is 23.7 Å². The first-order valence-electron chi connectivity index (χ1n) is 10.9. The maximum absolute atomic E-state index is 12.9. The van der Waals surface area contributed by atoms with E-state index in [1.54, 1.807) is 12.1 Å².